The highest BCUT2D eigenvalue weighted by Gasteiger charge is 2.11. The van der Waals surface area contributed by atoms with Gasteiger partial charge in [-0.3, -0.25) is 4.79 Å². The largest absolute Gasteiger partial charge is 0.507 e. The molecule has 0 bridgehead atoms. The number of carbonyl (C=O) groups excluding carboxylic acids is 1. The minimum atomic E-state index is -0.385. The number of aliphatic hydroxyl groups excluding tert-OH is 1. The van der Waals surface area contributed by atoms with Crippen molar-refractivity contribution in [2.24, 2.45) is 0 Å². The van der Waals surface area contributed by atoms with Gasteiger partial charge < -0.3 is 15.5 Å². The fourth-order valence-corrected chi connectivity index (χ4v) is 1.01. The number of nitrogens with one attached hydrogen (secondary N) is 1. The Hall–Kier alpha value is -1.55. The first-order valence-electron chi connectivity index (χ1n) is 4.35. The maximum atomic E-state index is 11.5. The highest BCUT2D eigenvalue weighted by molar-refractivity contribution is 5.96. The van der Waals surface area contributed by atoms with Crippen LogP contribution in [0.25, 0.3) is 0 Å². The lowest BCUT2D eigenvalue weighted by molar-refractivity contribution is 0.0919. The van der Waals surface area contributed by atoms with Gasteiger partial charge in [0.15, 0.2) is 0 Å². The molecule has 76 valence electrons. The van der Waals surface area contributed by atoms with Crippen LogP contribution < -0.4 is 5.32 Å². The summed E-state index contributed by atoms with van der Waals surface area (Å²) in [6.45, 7) is 1.55. The minimum Gasteiger partial charge on any atom is -0.507 e. The third-order valence-electron chi connectivity index (χ3n) is 1.80. The van der Waals surface area contributed by atoms with Crippen LogP contribution in [0, 0.1) is 0 Å². The van der Waals surface area contributed by atoms with E-state index >= 15 is 0 Å². The number of hydrogen-bond donors (Lipinski definition) is 3. The third-order valence-corrected chi connectivity index (χ3v) is 1.80. The molecule has 0 fully saturated rings. The van der Waals surface area contributed by atoms with E-state index in [4.69, 9.17) is 5.11 Å². The lowest BCUT2D eigenvalue weighted by atomic mass is 10.2. The first-order valence-corrected chi connectivity index (χ1v) is 4.35. The van der Waals surface area contributed by atoms with Gasteiger partial charge in [0.25, 0.3) is 5.91 Å². The molecule has 0 radical (unpaired) electrons. The molecule has 1 aromatic carbocycles. The summed E-state index contributed by atoms with van der Waals surface area (Å²) in [4.78, 5) is 11.5. The van der Waals surface area contributed by atoms with E-state index in [0.717, 1.165) is 0 Å². The van der Waals surface area contributed by atoms with Gasteiger partial charge in [0, 0.05) is 6.04 Å². The van der Waals surface area contributed by atoms with E-state index in [1.54, 1.807) is 19.1 Å². The number of phenolic OH excluding ortho intramolecular Hbond substituents is 1. The van der Waals surface area contributed by atoms with Crippen LogP contribution in [-0.2, 0) is 0 Å². The smallest absolute Gasteiger partial charge is 0.255 e. The van der Waals surface area contributed by atoms with E-state index in [1.165, 1.54) is 12.1 Å². The maximum absolute atomic E-state index is 11.5. The Morgan fingerprint density at radius 3 is 2.71 bits per heavy atom. The quantitative estimate of drug-likeness (QED) is 0.658. The van der Waals surface area contributed by atoms with Crippen molar-refractivity contribution in [3.8, 4) is 5.75 Å². The van der Waals surface area contributed by atoms with E-state index in [1.807, 2.05) is 0 Å². The lowest BCUT2D eigenvalue weighted by Crippen LogP contribution is -2.34. The second-order valence-electron chi connectivity index (χ2n) is 3.07. The Kier molecular flexibility index (Phi) is 3.48. The van der Waals surface area contributed by atoms with Crippen LogP contribution in [0.1, 0.15) is 17.3 Å². The van der Waals surface area contributed by atoms with Crippen LogP contribution >= 0.6 is 0 Å². The van der Waals surface area contributed by atoms with E-state index in [2.05, 4.69) is 5.32 Å². The number of hydrogen-bond acceptors (Lipinski definition) is 3. The van der Waals surface area contributed by atoms with Gasteiger partial charge in [0.1, 0.15) is 5.75 Å². The summed E-state index contributed by atoms with van der Waals surface area (Å²) < 4.78 is 0. The average molecular weight is 195 g/mol. The molecule has 0 aliphatic heterocycles. The van der Waals surface area contributed by atoms with Gasteiger partial charge in [-0.05, 0) is 19.1 Å². The SMILES string of the molecule is C[C@H](CO)NC(=O)c1ccccc1O. The van der Waals surface area contributed by atoms with Crippen molar-refractivity contribution in [1.82, 2.24) is 5.32 Å². The Balaban J connectivity index is 2.75. The first-order chi connectivity index (χ1) is 6.65. The van der Waals surface area contributed by atoms with Gasteiger partial charge in [0.05, 0.1) is 12.2 Å². The zero-order valence-corrected chi connectivity index (χ0v) is 7.90. The molecule has 0 saturated carbocycles. The standard InChI is InChI=1S/C10H13NO3/c1-7(6-12)11-10(14)8-4-2-3-5-9(8)13/h2-5,7,12-13H,6H2,1H3,(H,11,14)/t7-/m1/s1. The average Bonchev–Trinajstić information content (AvgIpc) is 2.18. The van der Waals surface area contributed by atoms with Gasteiger partial charge in [-0.15, -0.1) is 0 Å². The molecule has 0 aliphatic carbocycles. The number of aliphatic hydroxyl groups is 1. The maximum Gasteiger partial charge on any atom is 0.255 e. The van der Waals surface area contributed by atoms with Crippen molar-refractivity contribution >= 4 is 5.91 Å². The predicted molar refractivity (Wildman–Crippen MR) is 52.1 cm³/mol. The monoisotopic (exact) mass is 195 g/mol. The molecule has 1 amide bonds. The van der Waals surface area contributed by atoms with Gasteiger partial charge in [-0.1, -0.05) is 12.1 Å². The third kappa shape index (κ3) is 2.47. The number of rotatable bonds is 3. The summed E-state index contributed by atoms with van der Waals surface area (Å²) in [5, 5.41) is 20.6. The number of carbonyl (C=O) groups is 1. The van der Waals surface area contributed by atoms with Gasteiger partial charge in [0.2, 0.25) is 0 Å². The fraction of sp³-hybridized carbons (Fsp3) is 0.300. The van der Waals surface area contributed by atoms with Crippen molar-refractivity contribution in [1.29, 1.82) is 0 Å². The summed E-state index contributed by atoms with van der Waals surface area (Å²) in [7, 11) is 0. The Morgan fingerprint density at radius 2 is 2.14 bits per heavy atom. The molecule has 1 atom stereocenters. The van der Waals surface area contributed by atoms with Crippen LogP contribution in [0.5, 0.6) is 5.75 Å². The molecule has 0 unspecified atom stereocenters. The van der Waals surface area contributed by atoms with E-state index in [-0.39, 0.29) is 29.9 Å². The molecule has 4 nitrogen and oxygen atoms in total. The van der Waals surface area contributed by atoms with Crippen molar-refractivity contribution in [2.75, 3.05) is 6.61 Å². The highest BCUT2D eigenvalue weighted by Crippen LogP contribution is 2.14. The molecule has 1 aromatic rings. The Morgan fingerprint density at radius 1 is 1.50 bits per heavy atom. The second-order valence-corrected chi connectivity index (χ2v) is 3.07. The first kappa shape index (κ1) is 10.5. The molecule has 1 rings (SSSR count). The van der Waals surface area contributed by atoms with Crippen LogP contribution in [0.3, 0.4) is 0 Å². The normalized spacial score (nSPS) is 12.1. The summed E-state index contributed by atoms with van der Waals surface area (Å²) >= 11 is 0. The molecule has 0 aliphatic rings. The minimum absolute atomic E-state index is 0.0601. The predicted octanol–water partition coefficient (Wildman–Crippen LogP) is 0.503. The molecule has 0 spiro atoms. The zero-order valence-electron chi connectivity index (χ0n) is 7.90. The molecule has 14 heavy (non-hydrogen) atoms. The topological polar surface area (TPSA) is 69.6 Å². The lowest BCUT2D eigenvalue weighted by Gasteiger charge is -2.11. The van der Waals surface area contributed by atoms with Crippen molar-refractivity contribution in [2.45, 2.75) is 13.0 Å². The summed E-state index contributed by atoms with van der Waals surface area (Å²) in [6.07, 6.45) is 0. The molecule has 4 heteroatoms. The van der Waals surface area contributed by atoms with E-state index in [0.29, 0.717) is 0 Å². The number of aromatic hydroxyl groups is 1. The number of para-hydroxylation sites is 1. The van der Waals surface area contributed by atoms with Crippen LogP contribution in [-0.4, -0.2) is 28.8 Å². The molecule has 0 saturated heterocycles. The van der Waals surface area contributed by atoms with Crippen LogP contribution in [0.2, 0.25) is 0 Å². The molecule has 0 aromatic heterocycles. The van der Waals surface area contributed by atoms with Crippen molar-refractivity contribution in [3.05, 3.63) is 29.8 Å². The molecular weight excluding hydrogens is 182 g/mol. The summed E-state index contributed by atoms with van der Waals surface area (Å²) in [6, 6.07) is 5.95. The highest BCUT2D eigenvalue weighted by atomic mass is 16.3. The molecule has 0 heterocycles. The molecule has 3 N–H and O–H groups in total. The Bertz CT molecular complexity index is 325. The number of benzene rings is 1. The summed E-state index contributed by atoms with van der Waals surface area (Å²) in [5.41, 5.74) is 0.216. The van der Waals surface area contributed by atoms with Crippen molar-refractivity contribution in [3.63, 3.8) is 0 Å². The zero-order chi connectivity index (χ0) is 10.6. The van der Waals surface area contributed by atoms with Gasteiger partial charge >= 0.3 is 0 Å². The van der Waals surface area contributed by atoms with E-state index < -0.39 is 0 Å². The van der Waals surface area contributed by atoms with Crippen LogP contribution in [0.4, 0.5) is 0 Å². The number of phenols is 1. The van der Waals surface area contributed by atoms with E-state index in [9.17, 15) is 9.90 Å². The van der Waals surface area contributed by atoms with Crippen molar-refractivity contribution < 1.29 is 15.0 Å². The summed E-state index contributed by atoms with van der Waals surface area (Å²) in [5.74, 6) is -0.445. The second kappa shape index (κ2) is 4.62. The van der Waals surface area contributed by atoms with Gasteiger partial charge in [-0.2, -0.15) is 0 Å². The molecular formula is C10H13NO3. The van der Waals surface area contributed by atoms with Gasteiger partial charge in [-0.25, -0.2) is 0 Å². The fourth-order valence-electron chi connectivity index (χ4n) is 1.01. The van der Waals surface area contributed by atoms with Crippen LogP contribution in [0.15, 0.2) is 24.3 Å². The Labute approximate surface area is 82.2 Å². The number of amides is 1.